The summed E-state index contributed by atoms with van der Waals surface area (Å²) in [6.07, 6.45) is 29.5. The van der Waals surface area contributed by atoms with Gasteiger partial charge in [0.2, 0.25) is 0 Å². The fourth-order valence-electron chi connectivity index (χ4n) is 4.97. The van der Waals surface area contributed by atoms with Crippen LogP contribution in [0.3, 0.4) is 0 Å². The fraction of sp³-hybridized carbons (Fsp3) is 0.889. The van der Waals surface area contributed by atoms with E-state index in [2.05, 4.69) is 19.7 Å². The Kier molecular flexibility index (Phi) is 17.4. The number of quaternary nitrogens is 1. The second-order valence-electron chi connectivity index (χ2n) is 9.50. The number of nitrogens with zero attached hydrogens (tertiary/aromatic N) is 2. The molecular weight excluding hydrogens is 368 g/mol. The SMILES string of the molecule is C=CCCCCCCCCCCCCCCCCCCC1N=CC[N+]1(CC)CCO. The van der Waals surface area contributed by atoms with Gasteiger partial charge in [-0.2, -0.15) is 0 Å². The highest BCUT2D eigenvalue weighted by Crippen LogP contribution is 2.24. The molecule has 0 aromatic carbocycles. The molecule has 3 nitrogen and oxygen atoms in total. The highest BCUT2D eigenvalue weighted by Gasteiger charge is 2.36. The molecule has 0 fully saturated rings. The van der Waals surface area contributed by atoms with Gasteiger partial charge in [0.15, 0.2) is 6.17 Å². The third kappa shape index (κ3) is 12.2. The Bertz CT molecular complexity index is 423. The van der Waals surface area contributed by atoms with Crippen molar-refractivity contribution >= 4 is 6.21 Å². The zero-order valence-corrected chi connectivity index (χ0v) is 20.3. The van der Waals surface area contributed by atoms with E-state index in [1.807, 2.05) is 6.08 Å². The Labute approximate surface area is 188 Å². The van der Waals surface area contributed by atoms with Gasteiger partial charge < -0.3 is 5.11 Å². The molecule has 2 atom stereocenters. The summed E-state index contributed by atoms with van der Waals surface area (Å²) in [5.74, 6) is 0. The zero-order chi connectivity index (χ0) is 21.8. The minimum atomic E-state index is 0.282. The number of rotatable bonds is 22. The predicted molar refractivity (Wildman–Crippen MR) is 133 cm³/mol. The molecule has 0 amide bonds. The predicted octanol–water partition coefficient (Wildman–Crippen LogP) is 7.43. The van der Waals surface area contributed by atoms with E-state index in [1.165, 1.54) is 116 Å². The van der Waals surface area contributed by atoms with Gasteiger partial charge >= 0.3 is 0 Å². The normalized spacial score (nSPS) is 20.8. The zero-order valence-electron chi connectivity index (χ0n) is 20.3. The van der Waals surface area contributed by atoms with Crippen molar-refractivity contribution in [3.05, 3.63) is 12.7 Å². The van der Waals surface area contributed by atoms with E-state index in [9.17, 15) is 5.11 Å². The van der Waals surface area contributed by atoms with Crippen molar-refractivity contribution in [3.8, 4) is 0 Å². The van der Waals surface area contributed by atoms with Crippen molar-refractivity contribution < 1.29 is 9.59 Å². The van der Waals surface area contributed by atoms with Crippen molar-refractivity contribution in [1.29, 1.82) is 0 Å². The standard InChI is InChI=1S/C27H53N2O/c1-3-5-6-7-8-9-10-11-12-13-14-15-16-17-18-19-20-21-22-27-28-23-24-29(27,4-2)25-26-30/h3,23,27,30H,1,4-22,24-26H2,2H3/q+1. The lowest BCUT2D eigenvalue weighted by atomic mass is 10.0. The highest BCUT2D eigenvalue weighted by molar-refractivity contribution is 5.60. The lowest BCUT2D eigenvalue weighted by molar-refractivity contribution is -0.936. The van der Waals surface area contributed by atoms with Gasteiger partial charge in [-0.05, 0) is 26.2 Å². The summed E-state index contributed by atoms with van der Waals surface area (Å²) in [6, 6.07) is 0. The number of hydrogen-bond donors (Lipinski definition) is 1. The van der Waals surface area contributed by atoms with Crippen LogP contribution in [-0.2, 0) is 0 Å². The lowest BCUT2D eigenvalue weighted by Gasteiger charge is -2.37. The van der Waals surface area contributed by atoms with E-state index in [0.29, 0.717) is 6.17 Å². The van der Waals surface area contributed by atoms with E-state index in [0.717, 1.165) is 24.1 Å². The van der Waals surface area contributed by atoms with Crippen molar-refractivity contribution in [2.45, 2.75) is 129 Å². The largest absolute Gasteiger partial charge is 0.391 e. The molecule has 0 aromatic heterocycles. The average molecular weight is 422 g/mol. The third-order valence-corrected chi connectivity index (χ3v) is 7.15. The minimum absolute atomic E-state index is 0.282. The molecule has 0 spiro atoms. The molecule has 1 aliphatic heterocycles. The molecule has 1 heterocycles. The van der Waals surface area contributed by atoms with Gasteiger partial charge in [0.1, 0.15) is 13.1 Å². The van der Waals surface area contributed by atoms with E-state index in [4.69, 9.17) is 4.99 Å². The van der Waals surface area contributed by atoms with Crippen molar-refractivity contribution in [2.75, 3.05) is 26.2 Å². The number of aliphatic imine (C=N–C) groups is 1. The van der Waals surface area contributed by atoms with Gasteiger partial charge in [-0.1, -0.05) is 96.0 Å². The van der Waals surface area contributed by atoms with Crippen LogP contribution in [0.4, 0.5) is 0 Å². The summed E-state index contributed by atoms with van der Waals surface area (Å²) >= 11 is 0. The topological polar surface area (TPSA) is 32.6 Å². The number of hydrogen-bond acceptors (Lipinski definition) is 2. The third-order valence-electron chi connectivity index (χ3n) is 7.15. The maximum absolute atomic E-state index is 9.39. The number of aliphatic hydroxyl groups is 1. The highest BCUT2D eigenvalue weighted by atomic mass is 16.3. The summed E-state index contributed by atoms with van der Waals surface area (Å²) in [4.78, 5) is 4.73. The number of aliphatic hydroxyl groups excluding tert-OH is 1. The van der Waals surface area contributed by atoms with Crippen LogP contribution in [0.1, 0.15) is 122 Å². The maximum atomic E-state index is 9.39. The molecule has 0 aliphatic carbocycles. The molecule has 0 saturated carbocycles. The average Bonchev–Trinajstić information content (AvgIpc) is 3.16. The van der Waals surface area contributed by atoms with E-state index in [-0.39, 0.29) is 6.61 Å². The van der Waals surface area contributed by atoms with Crippen molar-refractivity contribution in [3.63, 3.8) is 0 Å². The first-order valence-electron chi connectivity index (χ1n) is 13.4. The van der Waals surface area contributed by atoms with E-state index < -0.39 is 0 Å². The second-order valence-corrected chi connectivity index (χ2v) is 9.50. The van der Waals surface area contributed by atoms with Gasteiger partial charge in [0.25, 0.3) is 0 Å². The summed E-state index contributed by atoms with van der Waals surface area (Å²) in [5.41, 5.74) is 0. The van der Waals surface area contributed by atoms with Crippen LogP contribution in [-0.4, -0.2) is 48.2 Å². The van der Waals surface area contributed by atoms with Crippen molar-refractivity contribution in [2.24, 2.45) is 4.99 Å². The van der Waals surface area contributed by atoms with Crippen LogP contribution >= 0.6 is 0 Å². The first kappa shape index (κ1) is 27.4. The van der Waals surface area contributed by atoms with Gasteiger partial charge in [0.05, 0.1) is 19.4 Å². The number of unbranched alkanes of at least 4 members (excludes halogenated alkanes) is 16. The van der Waals surface area contributed by atoms with Crippen LogP contribution in [0.2, 0.25) is 0 Å². The van der Waals surface area contributed by atoms with Crippen LogP contribution in [0.15, 0.2) is 17.6 Å². The molecule has 0 radical (unpaired) electrons. The fourth-order valence-corrected chi connectivity index (χ4v) is 4.97. The molecular formula is C27H53N2O+. The molecule has 30 heavy (non-hydrogen) atoms. The van der Waals surface area contributed by atoms with Crippen LogP contribution in [0.25, 0.3) is 0 Å². The molecule has 1 aliphatic rings. The Hall–Kier alpha value is -0.670. The molecule has 1 rings (SSSR count). The Morgan fingerprint density at radius 3 is 1.73 bits per heavy atom. The van der Waals surface area contributed by atoms with Gasteiger partial charge in [0, 0.05) is 6.42 Å². The molecule has 0 bridgehead atoms. The van der Waals surface area contributed by atoms with E-state index >= 15 is 0 Å². The molecule has 3 heteroatoms. The Morgan fingerprint density at radius 1 is 0.833 bits per heavy atom. The molecule has 0 saturated heterocycles. The summed E-state index contributed by atoms with van der Waals surface area (Å²) < 4.78 is 0.978. The van der Waals surface area contributed by atoms with Crippen LogP contribution in [0.5, 0.6) is 0 Å². The van der Waals surface area contributed by atoms with Crippen LogP contribution in [0, 0.1) is 0 Å². The monoisotopic (exact) mass is 421 g/mol. The number of allylic oxidation sites excluding steroid dienone is 1. The molecule has 1 N–H and O–H groups in total. The van der Waals surface area contributed by atoms with Crippen molar-refractivity contribution in [1.82, 2.24) is 0 Å². The van der Waals surface area contributed by atoms with Gasteiger partial charge in [-0.3, -0.25) is 4.48 Å². The Balaban J connectivity index is 1.82. The second kappa shape index (κ2) is 19.0. The minimum Gasteiger partial charge on any atom is -0.391 e. The quantitative estimate of drug-likeness (QED) is 0.110. The number of likely N-dealkylation sites (N-methyl/N-ethyl adjacent to an activating group) is 1. The Morgan fingerprint density at radius 2 is 1.30 bits per heavy atom. The first-order chi connectivity index (χ1) is 14.8. The molecule has 0 aromatic rings. The summed E-state index contributed by atoms with van der Waals surface area (Å²) in [6.45, 7) is 9.26. The smallest absolute Gasteiger partial charge is 0.182 e. The summed E-state index contributed by atoms with van der Waals surface area (Å²) in [5, 5.41) is 9.39. The maximum Gasteiger partial charge on any atom is 0.182 e. The lowest BCUT2D eigenvalue weighted by Crippen LogP contribution is -2.53. The van der Waals surface area contributed by atoms with Crippen LogP contribution < -0.4 is 0 Å². The molecule has 2 unspecified atom stereocenters. The summed E-state index contributed by atoms with van der Waals surface area (Å²) in [7, 11) is 0. The van der Waals surface area contributed by atoms with Gasteiger partial charge in [-0.15, -0.1) is 6.58 Å². The van der Waals surface area contributed by atoms with Gasteiger partial charge in [-0.25, -0.2) is 4.99 Å². The molecule has 176 valence electrons. The first-order valence-corrected chi connectivity index (χ1v) is 13.4. The van der Waals surface area contributed by atoms with E-state index in [1.54, 1.807) is 0 Å².